The Morgan fingerprint density at radius 1 is 1.29 bits per heavy atom. The minimum absolute atomic E-state index is 0. The summed E-state index contributed by atoms with van der Waals surface area (Å²) >= 11 is 0. The fourth-order valence-electron chi connectivity index (χ4n) is 3.41. The van der Waals surface area contributed by atoms with Crippen LogP contribution in [0.15, 0.2) is 0 Å². The molecule has 0 bridgehead atoms. The van der Waals surface area contributed by atoms with Crippen molar-refractivity contribution in [1.82, 2.24) is 10.2 Å². The van der Waals surface area contributed by atoms with Crippen molar-refractivity contribution in [3.63, 3.8) is 0 Å². The number of carbonyl (C=O) groups excluding carboxylic acids is 1. The van der Waals surface area contributed by atoms with Gasteiger partial charge in [-0.3, -0.25) is 4.79 Å². The molecule has 2 rings (SSSR count). The molecule has 1 aliphatic heterocycles. The van der Waals surface area contributed by atoms with E-state index >= 15 is 0 Å². The van der Waals surface area contributed by atoms with Crippen molar-refractivity contribution in [1.29, 1.82) is 0 Å². The van der Waals surface area contributed by atoms with Crippen LogP contribution in [-0.2, 0) is 4.79 Å². The van der Waals surface area contributed by atoms with Gasteiger partial charge in [0.25, 0.3) is 0 Å². The van der Waals surface area contributed by atoms with E-state index in [1.165, 1.54) is 19.5 Å². The summed E-state index contributed by atoms with van der Waals surface area (Å²) in [6, 6.07) is 0.240. The fourth-order valence-corrected chi connectivity index (χ4v) is 3.41. The molecule has 0 radical (unpaired) electrons. The van der Waals surface area contributed by atoms with Crippen LogP contribution in [-0.4, -0.2) is 43.0 Å². The second-order valence-corrected chi connectivity index (χ2v) is 6.82. The van der Waals surface area contributed by atoms with E-state index in [9.17, 15) is 4.79 Å². The monoisotopic (exact) mass is 339 g/mol. The molecule has 3 atom stereocenters. The summed E-state index contributed by atoms with van der Waals surface area (Å²) in [6.07, 6.45) is 4.06. The van der Waals surface area contributed by atoms with Crippen molar-refractivity contribution in [2.45, 2.75) is 45.6 Å². The van der Waals surface area contributed by atoms with Crippen LogP contribution in [0, 0.1) is 17.8 Å². The first-order valence-corrected chi connectivity index (χ1v) is 7.80. The predicted octanol–water partition coefficient (Wildman–Crippen LogP) is 2.05. The van der Waals surface area contributed by atoms with Crippen LogP contribution < -0.4 is 11.1 Å². The van der Waals surface area contributed by atoms with E-state index in [0.717, 1.165) is 38.3 Å². The minimum atomic E-state index is 0. The summed E-state index contributed by atoms with van der Waals surface area (Å²) in [4.78, 5) is 14.5. The molecule has 1 saturated carbocycles. The minimum Gasteiger partial charge on any atom is -0.356 e. The lowest BCUT2D eigenvalue weighted by atomic mass is 10.1. The summed E-state index contributed by atoms with van der Waals surface area (Å²) in [7, 11) is 0. The number of nitrogens with two attached hydrogens (primary N) is 1. The third-order valence-corrected chi connectivity index (χ3v) is 4.40. The van der Waals surface area contributed by atoms with Gasteiger partial charge in [-0.05, 0) is 44.1 Å². The number of halogens is 2. The molecular formula is C15H31Cl2N3O. The van der Waals surface area contributed by atoms with Crippen LogP contribution in [0.1, 0.15) is 39.5 Å². The maximum atomic E-state index is 12.0. The topological polar surface area (TPSA) is 58.4 Å². The lowest BCUT2D eigenvalue weighted by Gasteiger charge is -2.18. The zero-order valence-corrected chi connectivity index (χ0v) is 14.8. The average molecular weight is 340 g/mol. The zero-order valence-electron chi connectivity index (χ0n) is 13.2. The second-order valence-electron chi connectivity index (χ2n) is 6.82. The normalized spacial score (nSPS) is 29.0. The SMILES string of the molecule is CC(C)CN1CCC(CNC(=O)C2CCC(N)C2)C1.Cl.Cl. The molecule has 6 heteroatoms. The highest BCUT2D eigenvalue weighted by atomic mass is 35.5. The Morgan fingerprint density at radius 2 is 2.00 bits per heavy atom. The van der Waals surface area contributed by atoms with Crippen molar-refractivity contribution in [2.24, 2.45) is 23.5 Å². The van der Waals surface area contributed by atoms with Crippen molar-refractivity contribution in [3.05, 3.63) is 0 Å². The number of carbonyl (C=O) groups is 1. The van der Waals surface area contributed by atoms with Gasteiger partial charge in [0, 0.05) is 31.6 Å². The Labute approximate surface area is 141 Å². The standard InChI is InChI=1S/C15H29N3O.2ClH/c1-11(2)9-18-6-5-12(10-18)8-17-15(19)13-3-4-14(16)7-13;;/h11-14H,3-10,16H2,1-2H3,(H,17,19);2*1H. The Bertz CT molecular complexity index is 315. The maximum Gasteiger partial charge on any atom is 0.223 e. The Balaban J connectivity index is 0.00000200. The van der Waals surface area contributed by atoms with Crippen LogP contribution in [0.25, 0.3) is 0 Å². The molecule has 1 amide bonds. The first-order chi connectivity index (χ1) is 9.04. The highest BCUT2D eigenvalue weighted by molar-refractivity contribution is 5.85. The molecule has 1 saturated heterocycles. The van der Waals surface area contributed by atoms with Crippen LogP contribution in [0.3, 0.4) is 0 Å². The van der Waals surface area contributed by atoms with Crippen molar-refractivity contribution in [3.8, 4) is 0 Å². The Hall–Kier alpha value is -0.0300. The number of rotatable bonds is 5. The van der Waals surface area contributed by atoms with E-state index < -0.39 is 0 Å². The summed E-state index contributed by atoms with van der Waals surface area (Å²) in [5, 5.41) is 3.14. The molecule has 0 spiro atoms. The Kier molecular flexibility index (Phi) is 9.87. The highest BCUT2D eigenvalue weighted by Gasteiger charge is 2.29. The highest BCUT2D eigenvalue weighted by Crippen LogP contribution is 2.24. The lowest BCUT2D eigenvalue weighted by Crippen LogP contribution is -2.35. The number of amides is 1. The van der Waals surface area contributed by atoms with Gasteiger partial charge >= 0.3 is 0 Å². The average Bonchev–Trinajstić information content (AvgIpc) is 2.94. The molecule has 2 aliphatic rings. The number of hydrogen-bond donors (Lipinski definition) is 2. The molecule has 3 N–H and O–H groups in total. The van der Waals surface area contributed by atoms with E-state index in [1.807, 2.05) is 0 Å². The first kappa shape index (κ1) is 21.0. The molecule has 0 aromatic heterocycles. The third-order valence-electron chi connectivity index (χ3n) is 4.40. The fraction of sp³-hybridized carbons (Fsp3) is 0.933. The van der Waals surface area contributed by atoms with Crippen LogP contribution in [0.4, 0.5) is 0 Å². The van der Waals surface area contributed by atoms with Gasteiger partial charge in [0.1, 0.15) is 0 Å². The van der Waals surface area contributed by atoms with Crippen molar-refractivity contribution < 1.29 is 4.79 Å². The van der Waals surface area contributed by atoms with Gasteiger partial charge < -0.3 is 16.0 Å². The van der Waals surface area contributed by atoms with E-state index in [0.29, 0.717) is 5.92 Å². The molecule has 4 nitrogen and oxygen atoms in total. The second kappa shape index (κ2) is 9.88. The van der Waals surface area contributed by atoms with E-state index in [4.69, 9.17) is 5.73 Å². The molecule has 1 aliphatic carbocycles. The summed E-state index contributed by atoms with van der Waals surface area (Å²) in [5.41, 5.74) is 5.86. The smallest absolute Gasteiger partial charge is 0.223 e. The summed E-state index contributed by atoms with van der Waals surface area (Å²) in [5.74, 6) is 1.77. The number of likely N-dealkylation sites (tertiary alicyclic amines) is 1. The molecule has 3 unspecified atom stereocenters. The van der Waals surface area contributed by atoms with E-state index in [2.05, 4.69) is 24.1 Å². The molecule has 0 aromatic carbocycles. The number of hydrogen-bond acceptors (Lipinski definition) is 3. The van der Waals surface area contributed by atoms with Gasteiger partial charge in [-0.25, -0.2) is 0 Å². The van der Waals surface area contributed by atoms with Gasteiger partial charge in [0.2, 0.25) is 5.91 Å². The molecular weight excluding hydrogens is 309 g/mol. The third kappa shape index (κ3) is 6.72. The maximum absolute atomic E-state index is 12.0. The largest absolute Gasteiger partial charge is 0.356 e. The van der Waals surface area contributed by atoms with Gasteiger partial charge in [0.05, 0.1) is 0 Å². The molecule has 126 valence electrons. The summed E-state index contributed by atoms with van der Waals surface area (Å²) < 4.78 is 0. The van der Waals surface area contributed by atoms with Crippen LogP contribution in [0.2, 0.25) is 0 Å². The number of nitrogens with zero attached hydrogens (tertiary/aromatic N) is 1. The lowest BCUT2D eigenvalue weighted by molar-refractivity contribution is -0.125. The molecule has 2 fully saturated rings. The molecule has 0 aromatic rings. The van der Waals surface area contributed by atoms with E-state index in [-0.39, 0.29) is 42.7 Å². The van der Waals surface area contributed by atoms with Gasteiger partial charge in [0.15, 0.2) is 0 Å². The van der Waals surface area contributed by atoms with Gasteiger partial charge in [-0.2, -0.15) is 0 Å². The van der Waals surface area contributed by atoms with Crippen LogP contribution >= 0.6 is 24.8 Å². The van der Waals surface area contributed by atoms with Crippen molar-refractivity contribution >= 4 is 30.7 Å². The van der Waals surface area contributed by atoms with Gasteiger partial charge in [-0.1, -0.05) is 13.8 Å². The molecule has 21 heavy (non-hydrogen) atoms. The van der Waals surface area contributed by atoms with Crippen LogP contribution in [0.5, 0.6) is 0 Å². The van der Waals surface area contributed by atoms with Gasteiger partial charge in [-0.15, -0.1) is 24.8 Å². The molecule has 1 heterocycles. The predicted molar refractivity (Wildman–Crippen MR) is 92.2 cm³/mol. The van der Waals surface area contributed by atoms with E-state index in [1.54, 1.807) is 0 Å². The summed E-state index contributed by atoms with van der Waals surface area (Å²) in [6.45, 7) is 8.88. The number of nitrogens with one attached hydrogen (secondary N) is 1. The zero-order chi connectivity index (χ0) is 13.8. The van der Waals surface area contributed by atoms with Crippen molar-refractivity contribution in [2.75, 3.05) is 26.2 Å². The Morgan fingerprint density at radius 3 is 2.57 bits per heavy atom. The quantitative estimate of drug-likeness (QED) is 0.805. The first-order valence-electron chi connectivity index (χ1n) is 7.80.